The van der Waals surface area contributed by atoms with Gasteiger partial charge in [-0.05, 0) is 37.5 Å². The molecule has 108 valence electrons. The summed E-state index contributed by atoms with van der Waals surface area (Å²) < 4.78 is 7.84. The average molecular weight is 293 g/mol. The number of imidazole rings is 1. The molecule has 0 radical (unpaired) electrons. The second kappa shape index (κ2) is 7.95. The molecule has 2 rings (SSSR count). The molecule has 0 amide bonds. The van der Waals surface area contributed by atoms with Gasteiger partial charge in [0.05, 0.1) is 18.0 Å². The first-order valence-corrected chi connectivity index (χ1v) is 7.48. The molecule has 20 heavy (non-hydrogen) atoms. The van der Waals surface area contributed by atoms with Gasteiger partial charge in [0.1, 0.15) is 5.75 Å². The molecule has 0 spiro atoms. The van der Waals surface area contributed by atoms with Crippen molar-refractivity contribution in [3.8, 4) is 5.75 Å². The minimum Gasteiger partial charge on any atom is -0.492 e. The van der Waals surface area contributed by atoms with Crippen LogP contribution in [0.5, 0.6) is 5.75 Å². The van der Waals surface area contributed by atoms with Crippen molar-refractivity contribution in [3.63, 3.8) is 0 Å². The Morgan fingerprint density at radius 1 is 1.20 bits per heavy atom. The highest BCUT2D eigenvalue weighted by Crippen LogP contribution is 2.25. The van der Waals surface area contributed by atoms with Crippen molar-refractivity contribution in [1.82, 2.24) is 9.55 Å². The lowest BCUT2D eigenvalue weighted by Crippen LogP contribution is -1.99. The smallest absolute Gasteiger partial charge is 0.138 e. The van der Waals surface area contributed by atoms with E-state index in [0.29, 0.717) is 5.02 Å². The van der Waals surface area contributed by atoms with E-state index in [1.54, 1.807) is 0 Å². The van der Waals surface area contributed by atoms with Crippen LogP contribution in [0.4, 0.5) is 0 Å². The van der Waals surface area contributed by atoms with Gasteiger partial charge < -0.3 is 9.30 Å². The largest absolute Gasteiger partial charge is 0.492 e. The Balaban J connectivity index is 1.56. The molecule has 0 atom stereocenters. The molecule has 1 aromatic heterocycles. The third-order valence-electron chi connectivity index (χ3n) is 3.21. The van der Waals surface area contributed by atoms with Crippen molar-refractivity contribution >= 4 is 11.6 Å². The first-order chi connectivity index (χ1) is 9.75. The molecule has 0 N–H and O–H groups in total. The quantitative estimate of drug-likeness (QED) is 0.671. The number of aryl methyl sites for hydroxylation is 2. The van der Waals surface area contributed by atoms with E-state index in [1.807, 2.05) is 43.8 Å². The summed E-state index contributed by atoms with van der Waals surface area (Å²) >= 11 is 6.08. The topological polar surface area (TPSA) is 27.1 Å². The van der Waals surface area contributed by atoms with E-state index < -0.39 is 0 Å². The molecule has 0 unspecified atom stereocenters. The Kier molecular flexibility index (Phi) is 5.93. The molecule has 2 aromatic rings. The maximum atomic E-state index is 6.08. The van der Waals surface area contributed by atoms with Gasteiger partial charge in [0.2, 0.25) is 0 Å². The zero-order valence-corrected chi connectivity index (χ0v) is 12.6. The highest BCUT2D eigenvalue weighted by molar-refractivity contribution is 6.32. The van der Waals surface area contributed by atoms with Crippen LogP contribution >= 0.6 is 11.6 Å². The van der Waals surface area contributed by atoms with Crippen molar-refractivity contribution in [1.29, 1.82) is 0 Å². The molecule has 0 saturated carbocycles. The van der Waals surface area contributed by atoms with E-state index in [2.05, 4.69) is 9.55 Å². The van der Waals surface area contributed by atoms with Crippen molar-refractivity contribution in [2.24, 2.45) is 0 Å². The second-order valence-corrected chi connectivity index (χ2v) is 5.40. The molecule has 1 heterocycles. The molecule has 0 bridgehead atoms. The van der Waals surface area contributed by atoms with Crippen LogP contribution in [0.25, 0.3) is 0 Å². The summed E-state index contributed by atoms with van der Waals surface area (Å²) in [5.74, 6) is 0.796. The number of aromatic nitrogens is 2. The molecule has 0 saturated heterocycles. The first kappa shape index (κ1) is 14.9. The molecule has 0 fully saturated rings. The minimum absolute atomic E-state index is 0.690. The average Bonchev–Trinajstić information content (AvgIpc) is 2.94. The van der Waals surface area contributed by atoms with Gasteiger partial charge in [-0.15, -0.1) is 0 Å². The lowest BCUT2D eigenvalue weighted by molar-refractivity contribution is 0.304. The number of hydrogen-bond donors (Lipinski definition) is 0. The normalized spacial score (nSPS) is 10.7. The van der Waals surface area contributed by atoms with Crippen LogP contribution in [-0.4, -0.2) is 16.2 Å². The molecule has 1 aromatic carbocycles. The predicted octanol–water partition coefficient (Wildman–Crippen LogP) is 4.48. The van der Waals surface area contributed by atoms with Crippen molar-refractivity contribution in [3.05, 3.63) is 47.5 Å². The van der Waals surface area contributed by atoms with E-state index in [9.17, 15) is 0 Å². The zero-order valence-electron chi connectivity index (χ0n) is 11.9. The fraction of sp³-hybridized carbons (Fsp3) is 0.438. The van der Waals surface area contributed by atoms with E-state index in [4.69, 9.17) is 16.3 Å². The van der Waals surface area contributed by atoms with Crippen LogP contribution in [0.3, 0.4) is 0 Å². The zero-order chi connectivity index (χ0) is 14.2. The van der Waals surface area contributed by atoms with Crippen LogP contribution in [0.15, 0.2) is 36.9 Å². The van der Waals surface area contributed by atoms with Gasteiger partial charge in [-0.3, -0.25) is 0 Å². The van der Waals surface area contributed by atoms with Gasteiger partial charge in [0, 0.05) is 18.9 Å². The van der Waals surface area contributed by atoms with E-state index in [1.165, 1.54) is 24.8 Å². The van der Waals surface area contributed by atoms with E-state index >= 15 is 0 Å². The maximum Gasteiger partial charge on any atom is 0.138 e. The molecule has 0 aliphatic carbocycles. The van der Waals surface area contributed by atoms with Crippen LogP contribution in [0, 0.1) is 6.92 Å². The Bertz CT molecular complexity index is 511. The molecule has 0 aliphatic rings. The van der Waals surface area contributed by atoms with Gasteiger partial charge in [0.25, 0.3) is 0 Å². The molecule has 0 aliphatic heterocycles. The van der Waals surface area contributed by atoms with Crippen molar-refractivity contribution in [2.75, 3.05) is 6.61 Å². The maximum absolute atomic E-state index is 6.08. The number of rotatable bonds is 8. The van der Waals surface area contributed by atoms with E-state index in [0.717, 1.165) is 25.3 Å². The first-order valence-electron chi connectivity index (χ1n) is 7.10. The SMILES string of the molecule is Cc1ccc(Cl)c(OCCCCCCn2ccnc2)c1. The number of unbranched alkanes of at least 4 members (excludes halogenated alkanes) is 3. The summed E-state index contributed by atoms with van der Waals surface area (Å²) in [7, 11) is 0. The highest BCUT2D eigenvalue weighted by Gasteiger charge is 2.01. The lowest BCUT2D eigenvalue weighted by atomic mass is 10.2. The Hall–Kier alpha value is -1.48. The van der Waals surface area contributed by atoms with Gasteiger partial charge in [-0.25, -0.2) is 4.98 Å². The van der Waals surface area contributed by atoms with Crippen molar-refractivity contribution < 1.29 is 4.74 Å². The van der Waals surface area contributed by atoms with Crippen LogP contribution < -0.4 is 4.74 Å². The van der Waals surface area contributed by atoms with Gasteiger partial charge in [-0.2, -0.15) is 0 Å². The molecule has 3 nitrogen and oxygen atoms in total. The summed E-state index contributed by atoms with van der Waals surface area (Å²) in [5.41, 5.74) is 1.17. The molecular formula is C16H21ClN2O. The summed E-state index contributed by atoms with van der Waals surface area (Å²) in [6.45, 7) is 3.82. The number of benzene rings is 1. The Morgan fingerprint density at radius 2 is 2.05 bits per heavy atom. The van der Waals surface area contributed by atoms with Crippen LogP contribution in [0.1, 0.15) is 31.2 Å². The Labute approximate surface area is 125 Å². The van der Waals surface area contributed by atoms with Crippen molar-refractivity contribution in [2.45, 2.75) is 39.2 Å². The summed E-state index contributed by atoms with van der Waals surface area (Å²) in [5, 5.41) is 0.690. The van der Waals surface area contributed by atoms with Gasteiger partial charge >= 0.3 is 0 Å². The van der Waals surface area contributed by atoms with Gasteiger partial charge in [-0.1, -0.05) is 30.5 Å². The minimum atomic E-state index is 0.690. The molecular weight excluding hydrogens is 272 g/mol. The lowest BCUT2D eigenvalue weighted by Gasteiger charge is -2.08. The number of hydrogen-bond acceptors (Lipinski definition) is 2. The number of nitrogens with zero attached hydrogens (tertiary/aromatic N) is 2. The third kappa shape index (κ3) is 4.89. The number of halogens is 1. The summed E-state index contributed by atoms with van der Waals surface area (Å²) in [6, 6.07) is 5.87. The van der Waals surface area contributed by atoms with Crippen LogP contribution in [-0.2, 0) is 6.54 Å². The summed E-state index contributed by atoms with van der Waals surface area (Å²) in [4.78, 5) is 4.03. The Morgan fingerprint density at radius 3 is 2.85 bits per heavy atom. The van der Waals surface area contributed by atoms with Gasteiger partial charge in [0.15, 0.2) is 0 Å². The fourth-order valence-electron chi connectivity index (χ4n) is 2.07. The third-order valence-corrected chi connectivity index (χ3v) is 3.53. The number of ether oxygens (including phenoxy) is 1. The second-order valence-electron chi connectivity index (χ2n) is 5.00. The monoisotopic (exact) mass is 292 g/mol. The molecule has 4 heteroatoms. The predicted molar refractivity (Wildman–Crippen MR) is 82.4 cm³/mol. The van der Waals surface area contributed by atoms with E-state index in [-0.39, 0.29) is 0 Å². The fourth-order valence-corrected chi connectivity index (χ4v) is 2.24. The summed E-state index contributed by atoms with van der Waals surface area (Å²) in [6.07, 6.45) is 10.3. The highest BCUT2D eigenvalue weighted by atomic mass is 35.5. The standard InChI is InChI=1S/C16H21ClN2O/c1-14-6-7-15(17)16(12-14)20-11-5-3-2-4-9-19-10-8-18-13-19/h6-8,10,12-13H,2-5,9,11H2,1H3. The van der Waals surface area contributed by atoms with Crippen LogP contribution in [0.2, 0.25) is 5.02 Å².